The van der Waals surface area contributed by atoms with E-state index in [1.807, 2.05) is 13.8 Å². The Labute approximate surface area is 165 Å². The Morgan fingerprint density at radius 3 is 2.46 bits per heavy atom. The van der Waals surface area contributed by atoms with E-state index < -0.39 is 22.0 Å². The molecule has 1 fully saturated rings. The number of rotatable bonds is 8. The van der Waals surface area contributed by atoms with Gasteiger partial charge in [-0.15, -0.1) is 0 Å². The molecule has 0 unspecified atom stereocenters. The molecule has 0 aromatic heterocycles. The summed E-state index contributed by atoms with van der Waals surface area (Å²) in [7, 11) is -2.49. The van der Waals surface area contributed by atoms with Crippen LogP contribution in [0.4, 0.5) is 0 Å². The first-order chi connectivity index (χ1) is 13.1. The van der Waals surface area contributed by atoms with E-state index in [2.05, 4.69) is 5.32 Å². The van der Waals surface area contributed by atoms with Crippen LogP contribution in [-0.4, -0.2) is 55.4 Å². The molecule has 1 aliphatic rings. The van der Waals surface area contributed by atoms with Gasteiger partial charge in [-0.05, 0) is 49.4 Å². The van der Waals surface area contributed by atoms with Crippen LogP contribution in [-0.2, 0) is 19.6 Å². The Kier molecular flexibility index (Phi) is 7.42. The van der Waals surface area contributed by atoms with E-state index >= 15 is 0 Å². The van der Waals surface area contributed by atoms with Gasteiger partial charge in [0.25, 0.3) is 0 Å². The molecule has 2 rings (SSSR count). The molecule has 0 aliphatic carbocycles. The number of nitrogens with one attached hydrogen (secondary N) is 1. The van der Waals surface area contributed by atoms with E-state index in [1.54, 1.807) is 0 Å². The molecule has 8 nitrogen and oxygen atoms in total. The number of benzene rings is 1. The van der Waals surface area contributed by atoms with Crippen molar-refractivity contribution in [3.8, 4) is 5.75 Å². The van der Waals surface area contributed by atoms with E-state index in [0.717, 1.165) is 10.7 Å². The molecule has 0 radical (unpaired) electrons. The van der Waals surface area contributed by atoms with Gasteiger partial charge < -0.3 is 15.2 Å². The van der Waals surface area contributed by atoms with Crippen molar-refractivity contribution in [2.24, 2.45) is 5.92 Å². The van der Waals surface area contributed by atoms with E-state index in [4.69, 9.17) is 4.74 Å². The molecule has 0 bridgehead atoms. The van der Waals surface area contributed by atoms with Gasteiger partial charge in [0, 0.05) is 19.0 Å². The fourth-order valence-corrected chi connectivity index (χ4v) is 4.80. The molecule has 2 N–H and O–H groups in total. The van der Waals surface area contributed by atoms with Crippen molar-refractivity contribution in [2.75, 3.05) is 13.7 Å². The number of carboxylic acids is 1. The summed E-state index contributed by atoms with van der Waals surface area (Å²) in [4.78, 5) is 23.8. The van der Waals surface area contributed by atoms with Gasteiger partial charge in [-0.2, -0.15) is 4.31 Å². The third-order valence-electron chi connectivity index (χ3n) is 4.82. The quantitative estimate of drug-likeness (QED) is 0.674. The molecule has 0 spiro atoms. The van der Waals surface area contributed by atoms with Crippen molar-refractivity contribution in [2.45, 2.75) is 56.5 Å². The molecule has 9 heteroatoms. The van der Waals surface area contributed by atoms with Crippen molar-refractivity contribution in [1.82, 2.24) is 9.62 Å². The average Bonchev–Trinajstić information content (AvgIpc) is 2.66. The van der Waals surface area contributed by atoms with Gasteiger partial charge in [0.15, 0.2) is 0 Å². The Morgan fingerprint density at radius 2 is 1.93 bits per heavy atom. The highest BCUT2D eigenvalue weighted by atomic mass is 32.2. The minimum absolute atomic E-state index is 0.0129. The van der Waals surface area contributed by atoms with Gasteiger partial charge >= 0.3 is 5.97 Å². The highest BCUT2D eigenvalue weighted by molar-refractivity contribution is 7.89. The maximum absolute atomic E-state index is 12.9. The summed E-state index contributed by atoms with van der Waals surface area (Å²) in [5, 5.41) is 12.4. The van der Waals surface area contributed by atoms with E-state index in [-0.39, 0.29) is 29.8 Å². The highest BCUT2D eigenvalue weighted by Crippen LogP contribution is 2.27. The maximum Gasteiger partial charge on any atom is 0.322 e. The van der Waals surface area contributed by atoms with Crippen LogP contribution in [0.5, 0.6) is 5.75 Å². The largest absolute Gasteiger partial charge is 0.497 e. The minimum Gasteiger partial charge on any atom is -0.497 e. The fraction of sp³-hybridized carbons (Fsp3) is 0.579. The van der Waals surface area contributed by atoms with Crippen molar-refractivity contribution >= 4 is 21.9 Å². The van der Waals surface area contributed by atoms with E-state index in [9.17, 15) is 23.1 Å². The summed E-state index contributed by atoms with van der Waals surface area (Å²) in [5.41, 5.74) is 0. The summed E-state index contributed by atoms with van der Waals surface area (Å²) in [5.74, 6) is -0.446. The lowest BCUT2D eigenvalue weighted by Crippen LogP contribution is -2.54. The highest BCUT2D eigenvalue weighted by Gasteiger charge is 2.41. The number of amides is 1. The Hall–Kier alpha value is -2.13. The van der Waals surface area contributed by atoms with Gasteiger partial charge in [0.2, 0.25) is 15.9 Å². The first kappa shape index (κ1) is 22.2. The first-order valence-corrected chi connectivity index (χ1v) is 10.8. The van der Waals surface area contributed by atoms with Crippen molar-refractivity contribution in [3.63, 3.8) is 0 Å². The molecule has 1 heterocycles. The van der Waals surface area contributed by atoms with Crippen LogP contribution in [0, 0.1) is 5.92 Å². The number of methoxy groups -OCH3 is 1. The van der Waals surface area contributed by atoms with Gasteiger partial charge in [0.1, 0.15) is 11.8 Å². The number of carbonyl (C=O) groups excluding carboxylic acids is 1. The Morgan fingerprint density at radius 1 is 1.29 bits per heavy atom. The number of hydrogen-bond acceptors (Lipinski definition) is 5. The zero-order valence-corrected chi connectivity index (χ0v) is 17.2. The van der Waals surface area contributed by atoms with Crippen LogP contribution in [0.15, 0.2) is 29.2 Å². The van der Waals surface area contributed by atoms with Crippen LogP contribution in [0.2, 0.25) is 0 Å². The van der Waals surface area contributed by atoms with Crippen molar-refractivity contribution in [3.05, 3.63) is 24.3 Å². The maximum atomic E-state index is 12.9. The van der Waals surface area contributed by atoms with Crippen molar-refractivity contribution in [1.29, 1.82) is 0 Å². The summed E-state index contributed by atoms with van der Waals surface area (Å²) in [6, 6.07) is 4.24. The predicted molar refractivity (Wildman–Crippen MR) is 104 cm³/mol. The molecule has 1 saturated heterocycles. The van der Waals surface area contributed by atoms with Crippen LogP contribution in [0.25, 0.3) is 0 Å². The van der Waals surface area contributed by atoms with Crippen molar-refractivity contribution < 1.29 is 27.9 Å². The topological polar surface area (TPSA) is 113 Å². The molecule has 1 amide bonds. The normalized spacial score (nSPS) is 20.7. The molecule has 1 aromatic carbocycles. The second kappa shape index (κ2) is 9.38. The predicted octanol–water partition coefficient (Wildman–Crippen LogP) is 1.85. The van der Waals surface area contributed by atoms with Gasteiger partial charge in [-0.1, -0.05) is 13.8 Å². The number of aliphatic carboxylic acids is 1. The Bertz CT molecular complexity index is 791. The van der Waals surface area contributed by atoms with E-state index in [0.29, 0.717) is 24.5 Å². The lowest BCUT2D eigenvalue weighted by molar-refractivity contribution is -0.143. The van der Waals surface area contributed by atoms with Crippen LogP contribution in [0.1, 0.15) is 39.5 Å². The lowest BCUT2D eigenvalue weighted by Gasteiger charge is -2.36. The number of hydrogen-bond donors (Lipinski definition) is 2. The summed E-state index contributed by atoms with van der Waals surface area (Å²) >= 11 is 0. The molecule has 28 heavy (non-hydrogen) atoms. The number of sulfonamides is 1. The van der Waals surface area contributed by atoms with Crippen LogP contribution in [0.3, 0.4) is 0 Å². The minimum atomic E-state index is -3.97. The number of piperidine rings is 1. The molecule has 2 atom stereocenters. The zero-order valence-electron chi connectivity index (χ0n) is 16.4. The number of carbonyl (C=O) groups is 2. The first-order valence-electron chi connectivity index (χ1n) is 9.33. The monoisotopic (exact) mass is 412 g/mol. The molecule has 1 aromatic rings. The lowest BCUT2D eigenvalue weighted by atomic mass is 9.99. The molecular weight excluding hydrogens is 384 g/mol. The SMILES string of the molecule is COc1ccc(S(=O)(=O)N2CC[C@H](NC(=O)CCC(C)C)C[C@H]2C(=O)O)cc1. The third-order valence-corrected chi connectivity index (χ3v) is 6.74. The Balaban J connectivity index is 2.11. The summed E-state index contributed by atoms with van der Waals surface area (Å²) in [6.45, 7) is 4.08. The summed E-state index contributed by atoms with van der Waals surface area (Å²) < 4.78 is 31.9. The molecular formula is C19H28N2O6S. The zero-order chi connectivity index (χ0) is 20.9. The number of nitrogens with zero attached hydrogens (tertiary/aromatic N) is 1. The van der Waals surface area contributed by atoms with Gasteiger partial charge in [0.05, 0.1) is 12.0 Å². The van der Waals surface area contributed by atoms with Gasteiger partial charge in [-0.3, -0.25) is 9.59 Å². The fourth-order valence-electron chi connectivity index (χ4n) is 3.19. The average molecular weight is 413 g/mol. The molecule has 0 saturated carbocycles. The third kappa shape index (κ3) is 5.45. The van der Waals surface area contributed by atoms with Gasteiger partial charge in [-0.25, -0.2) is 8.42 Å². The molecule has 156 valence electrons. The second-order valence-corrected chi connectivity index (χ2v) is 9.26. The number of carboxylic acid groups (broad SMARTS) is 1. The van der Waals surface area contributed by atoms with Crippen LogP contribution < -0.4 is 10.1 Å². The smallest absolute Gasteiger partial charge is 0.322 e. The molecule has 1 aliphatic heterocycles. The summed E-state index contributed by atoms with van der Waals surface area (Å²) in [6.07, 6.45) is 1.53. The number of ether oxygens (including phenoxy) is 1. The second-order valence-electron chi connectivity index (χ2n) is 7.37. The standard InChI is InChI=1S/C19H28N2O6S/c1-13(2)4-9-18(22)20-14-10-11-21(17(12-14)19(23)24)28(25,26)16-7-5-15(27-3)6-8-16/h5-8,13-14,17H,4,9-12H2,1-3H3,(H,20,22)(H,23,24)/t14-,17-/m0/s1. The van der Waals surface area contributed by atoms with Crippen LogP contribution >= 0.6 is 0 Å². The van der Waals surface area contributed by atoms with E-state index in [1.165, 1.54) is 31.4 Å².